The summed E-state index contributed by atoms with van der Waals surface area (Å²) in [5, 5.41) is 9.67. The first-order chi connectivity index (χ1) is 19.8. The fourth-order valence-electron chi connectivity index (χ4n) is 7.47. The molecule has 1 saturated carbocycles. The number of carbonyl (C=O) groups excluding carboxylic acids is 1. The van der Waals surface area contributed by atoms with Crippen molar-refractivity contribution < 1.29 is 13.9 Å². The number of nitrogens with zero attached hydrogens (tertiary/aromatic N) is 3. The number of fused-ring (bicyclic) bond motifs is 7. The van der Waals surface area contributed by atoms with Gasteiger partial charge in [0, 0.05) is 39.3 Å². The Kier molecular flexibility index (Phi) is 5.82. The Morgan fingerprint density at radius 2 is 2.00 bits per heavy atom. The van der Waals surface area contributed by atoms with Crippen LogP contribution in [0.3, 0.4) is 0 Å². The van der Waals surface area contributed by atoms with Crippen LogP contribution >= 0.6 is 39.1 Å². The summed E-state index contributed by atoms with van der Waals surface area (Å²) in [6, 6.07) is 14.1. The molecule has 4 atom stereocenters. The number of hydrogen-bond acceptors (Lipinski definition) is 4. The van der Waals surface area contributed by atoms with Gasteiger partial charge in [-0.25, -0.2) is 9.07 Å². The van der Waals surface area contributed by atoms with Crippen molar-refractivity contribution in [2.75, 3.05) is 18.5 Å². The predicted octanol–water partition coefficient (Wildman–Crippen LogP) is 7.60. The highest BCUT2D eigenvalue weighted by Gasteiger charge is 2.68. The van der Waals surface area contributed by atoms with E-state index in [1.54, 1.807) is 24.3 Å². The molecule has 1 N–H and O–H groups in total. The van der Waals surface area contributed by atoms with Crippen molar-refractivity contribution in [2.45, 2.75) is 49.7 Å². The third kappa shape index (κ3) is 3.63. The summed E-state index contributed by atoms with van der Waals surface area (Å²) in [5.41, 5.74) is 2.53. The van der Waals surface area contributed by atoms with Crippen LogP contribution in [0.4, 0.5) is 10.1 Å². The number of rotatable bonds is 3. The maximum Gasteiger partial charge on any atom is 0.250 e. The lowest BCUT2D eigenvalue weighted by molar-refractivity contribution is -0.128. The van der Waals surface area contributed by atoms with Crippen LogP contribution in [0, 0.1) is 18.7 Å². The number of hydrogen-bond donors (Lipinski definition) is 1. The highest BCUT2D eigenvalue weighted by atomic mass is 79.9. The van der Waals surface area contributed by atoms with E-state index >= 15 is 4.39 Å². The first kappa shape index (κ1) is 26.0. The summed E-state index contributed by atoms with van der Waals surface area (Å²) in [6.07, 6.45) is 2.87. The molecule has 210 valence electrons. The molecule has 4 aliphatic rings. The van der Waals surface area contributed by atoms with Crippen molar-refractivity contribution in [3.8, 4) is 5.88 Å². The first-order valence-corrected chi connectivity index (χ1v) is 15.5. The molecule has 1 aromatic heterocycles. The fraction of sp³-hybridized carbons (Fsp3) is 0.355. The Morgan fingerprint density at radius 3 is 2.80 bits per heavy atom. The molecule has 6 nitrogen and oxygen atoms in total. The van der Waals surface area contributed by atoms with Crippen LogP contribution in [0.2, 0.25) is 10.0 Å². The van der Waals surface area contributed by atoms with Crippen LogP contribution < -0.4 is 10.1 Å². The molecule has 41 heavy (non-hydrogen) atoms. The van der Waals surface area contributed by atoms with E-state index in [9.17, 15) is 4.79 Å². The average molecular weight is 656 g/mol. The smallest absolute Gasteiger partial charge is 0.250 e. The fourth-order valence-corrected chi connectivity index (χ4v) is 8.16. The second-order valence-electron chi connectivity index (χ2n) is 11.7. The number of benzene rings is 3. The second-order valence-corrected chi connectivity index (χ2v) is 13.4. The highest BCUT2D eigenvalue weighted by molar-refractivity contribution is 9.10. The van der Waals surface area contributed by atoms with Crippen LogP contribution in [0.15, 0.2) is 53.0 Å². The molecule has 8 rings (SSSR count). The van der Waals surface area contributed by atoms with Gasteiger partial charge in [0.25, 0.3) is 0 Å². The minimum Gasteiger partial charge on any atom is -0.477 e. The van der Waals surface area contributed by atoms with Crippen molar-refractivity contribution >= 4 is 61.6 Å². The van der Waals surface area contributed by atoms with Crippen molar-refractivity contribution in [2.24, 2.45) is 5.92 Å². The van der Waals surface area contributed by atoms with E-state index in [4.69, 9.17) is 33.0 Å². The van der Waals surface area contributed by atoms with Crippen molar-refractivity contribution in [3.05, 3.63) is 85.6 Å². The Labute approximate surface area is 254 Å². The van der Waals surface area contributed by atoms with Gasteiger partial charge in [-0.2, -0.15) is 5.10 Å². The zero-order chi connectivity index (χ0) is 28.2. The van der Waals surface area contributed by atoms with Crippen LogP contribution in [-0.4, -0.2) is 39.8 Å². The number of ether oxygens (including phenoxy) is 1. The molecule has 0 bridgehead atoms. The number of likely N-dealkylation sites (tertiary alicyclic amines) is 1. The molecule has 0 radical (unpaired) electrons. The highest BCUT2D eigenvalue weighted by Crippen LogP contribution is 2.63. The van der Waals surface area contributed by atoms with Gasteiger partial charge in [-0.1, -0.05) is 57.3 Å². The molecular formula is C31H26BrCl2FN4O2. The number of aryl methyl sites for hydroxylation is 1. The monoisotopic (exact) mass is 654 g/mol. The third-order valence-corrected chi connectivity index (χ3v) is 10.7. The lowest BCUT2D eigenvalue weighted by Gasteiger charge is -2.40. The van der Waals surface area contributed by atoms with E-state index in [0.717, 1.165) is 45.9 Å². The molecule has 3 aliphatic heterocycles. The van der Waals surface area contributed by atoms with E-state index < -0.39 is 23.3 Å². The topological polar surface area (TPSA) is 59.4 Å². The van der Waals surface area contributed by atoms with E-state index in [-0.39, 0.29) is 17.0 Å². The quantitative estimate of drug-likeness (QED) is 0.247. The largest absolute Gasteiger partial charge is 0.477 e. The molecule has 1 amide bonds. The lowest BCUT2D eigenvalue weighted by Crippen LogP contribution is -2.53. The molecule has 1 saturated heterocycles. The zero-order valence-corrected chi connectivity index (χ0v) is 25.2. The van der Waals surface area contributed by atoms with E-state index in [2.05, 4.69) is 26.1 Å². The number of anilines is 1. The molecule has 1 aliphatic carbocycles. The van der Waals surface area contributed by atoms with Crippen LogP contribution in [-0.2, 0) is 10.3 Å². The van der Waals surface area contributed by atoms with Crippen molar-refractivity contribution in [1.82, 2.24) is 14.7 Å². The first-order valence-electron chi connectivity index (χ1n) is 13.9. The van der Waals surface area contributed by atoms with Gasteiger partial charge in [-0.15, -0.1) is 0 Å². The third-order valence-electron chi connectivity index (χ3n) is 9.36. The normalized spacial score (nSPS) is 27.0. The average Bonchev–Trinajstić information content (AvgIpc) is 3.60. The number of aromatic nitrogens is 2. The Balaban J connectivity index is 1.46. The number of amides is 1. The summed E-state index contributed by atoms with van der Waals surface area (Å²) in [4.78, 5) is 16.9. The Hall–Kier alpha value is -2.65. The van der Waals surface area contributed by atoms with E-state index in [1.807, 2.05) is 35.9 Å². The summed E-state index contributed by atoms with van der Waals surface area (Å²) in [6.45, 7) is 3.19. The Morgan fingerprint density at radius 1 is 1.17 bits per heavy atom. The van der Waals surface area contributed by atoms with Crippen LogP contribution in [0.1, 0.15) is 47.9 Å². The van der Waals surface area contributed by atoms with Crippen LogP contribution in [0.5, 0.6) is 5.88 Å². The molecular weight excluding hydrogens is 630 g/mol. The van der Waals surface area contributed by atoms with E-state index in [0.29, 0.717) is 41.1 Å². The maximum atomic E-state index is 16.2. The van der Waals surface area contributed by atoms with Gasteiger partial charge in [0.05, 0.1) is 28.6 Å². The standard InChI is InChI=1S/C31H26BrCl2FN4O2/c1-15-11-23-19(13-21(15)32)29-39(37-23)28-25(9-10-41-29)38(14-16-5-6-16)31(26(28)18-3-2-4-22(34)27(18)35)20-8-7-17(33)12-24(20)36-30(31)40/h2-4,7-8,11-13,16,25-26,28H,5-6,9-10,14H2,1H3,(H,36,40)/t25-,26-,28+,31+/m0/s1. The summed E-state index contributed by atoms with van der Waals surface area (Å²) in [7, 11) is 0. The van der Waals surface area contributed by atoms with Gasteiger partial charge in [-0.3, -0.25) is 9.69 Å². The van der Waals surface area contributed by atoms with Gasteiger partial charge in [-0.05, 0) is 73.6 Å². The van der Waals surface area contributed by atoms with Crippen molar-refractivity contribution in [3.63, 3.8) is 0 Å². The van der Waals surface area contributed by atoms with E-state index in [1.165, 1.54) is 0 Å². The maximum absolute atomic E-state index is 16.2. The Bertz CT molecular complexity index is 1770. The number of carbonyl (C=O) groups is 1. The predicted molar refractivity (Wildman–Crippen MR) is 160 cm³/mol. The minimum atomic E-state index is -1.19. The molecule has 2 fully saturated rings. The molecule has 4 aromatic rings. The zero-order valence-electron chi connectivity index (χ0n) is 22.1. The summed E-state index contributed by atoms with van der Waals surface area (Å²) >= 11 is 16.5. The number of halogens is 4. The molecule has 1 spiro atoms. The van der Waals surface area contributed by atoms with Gasteiger partial charge >= 0.3 is 0 Å². The van der Waals surface area contributed by atoms with Gasteiger partial charge in [0.2, 0.25) is 11.8 Å². The van der Waals surface area contributed by atoms with Crippen molar-refractivity contribution in [1.29, 1.82) is 0 Å². The number of nitrogens with one attached hydrogen (secondary N) is 1. The SMILES string of the molecule is Cc1cc2nn3c(c2cc1Br)OCC[C@H]1[C@@H]3[C@H](c2cccc(Cl)c2F)[C@]2(C(=O)Nc3cc(Cl)ccc32)N1CC1CC1. The van der Waals surface area contributed by atoms with Gasteiger partial charge in [0.15, 0.2) is 0 Å². The molecule has 0 unspecified atom stereocenters. The minimum absolute atomic E-state index is 0.0276. The van der Waals surface area contributed by atoms with Gasteiger partial charge in [0.1, 0.15) is 11.4 Å². The summed E-state index contributed by atoms with van der Waals surface area (Å²) in [5.74, 6) is -0.225. The summed E-state index contributed by atoms with van der Waals surface area (Å²) < 4.78 is 25.5. The molecule has 10 heteroatoms. The lowest BCUT2D eigenvalue weighted by atomic mass is 9.73. The second kappa shape index (κ2) is 9.17. The van der Waals surface area contributed by atoms with Gasteiger partial charge < -0.3 is 10.1 Å². The molecule has 3 aromatic carbocycles. The molecule has 4 heterocycles. The van der Waals surface area contributed by atoms with Crippen LogP contribution in [0.25, 0.3) is 10.9 Å².